The molecule has 5 aromatic heterocycles. The normalized spacial score (nSPS) is 20.2. The van der Waals surface area contributed by atoms with Crippen molar-refractivity contribution in [2.45, 2.75) is 215 Å². The molecule has 23 heteroatoms. The number of fused-ring (bicyclic) bond motifs is 10. The van der Waals surface area contributed by atoms with Crippen LogP contribution in [0.5, 0.6) is 5.88 Å². The van der Waals surface area contributed by atoms with E-state index in [2.05, 4.69) is 157 Å². The fourth-order valence-corrected chi connectivity index (χ4v) is 23.4. The van der Waals surface area contributed by atoms with Gasteiger partial charge in [0.1, 0.15) is 11.5 Å². The molecule has 1 spiro atoms. The van der Waals surface area contributed by atoms with Gasteiger partial charge in [-0.3, -0.25) is 73.7 Å². The predicted molar refractivity (Wildman–Crippen MR) is 589 cm³/mol. The second-order valence-corrected chi connectivity index (χ2v) is 41.7. The first-order chi connectivity index (χ1) is 71.7. The number of aryl methyl sites for hydroxylation is 4. The molecule has 5 aromatic carbocycles. The number of aliphatic imine (C=N–C) groups is 5. The summed E-state index contributed by atoms with van der Waals surface area (Å²) < 4.78 is 21.0. The number of nitrogens with one attached hydrogen (secondary N) is 5. The van der Waals surface area contributed by atoms with Gasteiger partial charge >= 0.3 is 0 Å². The summed E-state index contributed by atoms with van der Waals surface area (Å²) in [5.74, 6) is 2.11. The van der Waals surface area contributed by atoms with E-state index in [0.29, 0.717) is 71.4 Å². The lowest BCUT2D eigenvalue weighted by Gasteiger charge is -2.26. The van der Waals surface area contributed by atoms with Gasteiger partial charge < -0.3 is 31.3 Å². The summed E-state index contributed by atoms with van der Waals surface area (Å²) in [5.41, 5.74) is 47.8. The van der Waals surface area contributed by atoms with Crippen LogP contribution in [0, 0.1) is 52.3 Å². The zero-order valence-corrected chi connectivity index (χ0v) is 83.8. The van der Waals surface area contributed by atoms with Crippen LogP contribution in [0.25, 0.3) is 83.5 Å². The minimum atomic E-state index is -0.709. The van der Waals surface area contributed by atoms with Crippen molar-refractivity contribution < 1.29 is 37.9 Å². The summed E-state index contributed by atoms with van der Waals surface area (Å²) in [4.78, 5) is 121. The molecular weight excluding hydrogens is 1840 g/mol. The molecule has 742 valence electrons. The molecule has 22 nitrogen and oxygen atoms in total. The molecule has 28 rings (SSSR count). The molecule has 5 N–H and O–H groups in total. The molecule has 0 radical (unpaired) electrons. The van der Waals surface area contributed by atoms with Gasteiger partial charge in [0.2, 0.25) is 5.88 Å². The summed E-state index contributed by atoms with van der Waals surface area (Å²) >= 11 is 0. The molecule has 15 heterocycles. The second kappa shape index (κ2) is 39.6. The van der Waals surface area contributed by atoms with Crippen molar-refractivity contribution in [2.24, 2.45) is 36.8 Å². The highest BCUT2D eigenvalue weighted by Gasteiger charge is 2.56. The Balaban J connectivity index is 0.000000102. The van der Waals surface area contributed by atoms with E-state index in [-0.39, 0.29) is 54.5 Å². The van der Waals surface area contributed by atoms with Crippen molar-refractivity contribution >= 4 is 121 Å². The number of hydrogen-bond donors (Lipinski definition) is 5. The Kier molecular flexibility index (Phi) is 25.7. The average molecular weight is 1960 g/mol. The van der Waals surface area contributed by atoms with E-state index in [4.69, 9.17) is 19.7 Å². The first-order valence-corrected chi connectivity index (χ1v) is 52.3. The summed E-state index contributed by atoms with van der Waals surface area (Å²) in [6.07, 6.45) is 54.5. The van der Waals surface area contributed by atoms with E-state index in [1.54, 1.807) is 18.5 Å². The summed E-state index contributed by atoms with van der Waals surface area (Å²) in [7, 11) is 0. The minimum absolute atomic E-state index is 0. The third-order valence-corrected chi connectivity index (χ3v) is 32.0. The molecule has 3 fully saturated rings. The van der Waals surface area contributed by atoms with Crippen molar-refractivity contribution in [3.63, 3.8) is 0 Å². The molecule has 148 heavy (non-hydrogen) atoms. The Hall–Kier alpha value is -15.7. The number of rotatable bonds is 13. The predicted octanol–water partition coefficient (Wildman–Crippen LogP) is 24.0. The van der Waals surface area contributed by atoms with Crippen molar-refractivity contribution in [1.29, 1.82) is 0 Å². The Morgan fingerprint density at radius 3 is 1.25 bits per heavy atom. The van der Waals surface area contributed by atoms with E-state index in [9.17, 15) is 28.8 Å². The van der Waals surface area contributed by atoms with Crippen molar-refractivity contribution in [3.8, 4) is 61.5 Å². The monoisotopic (exact) mass is 1960 g/mol. The number of nitrogens with zero attached hydrogens (tertiary/aromatic N) is 10. The highest BCUT2D eigenvalue weighted by atomic mass is 19.1. The fourth-order valence-electron chi connectivity index (χ4n) is 23.4. The molecule has 1 amide bonds. The van der Waals surface area contributed by atoms with Gasteiger partial charge in [0.15, 0.2) is 34.5 Å². The number of Topliss-reactive ketones (excluding diaryl/α,β-unsaturated/α-hetero) is 5. The lowest BCUT2D eigenvalue weighted by Crippen LogP contribution is -2.39. The number of aromatic nitrogens is 5. The lowest BCUT2D eigenvalue weighted by atomic mass is 9.90. The standard InChI is InChI=1S/C26H24FN3O.C26H25N3O.C25H25N3O.C24H19N3O3.C23H21N3O.CH4/c1-14-21(13-30-23-3-2-6-28-26(14)23)17-9-18-19(22(27)10-17)11-25(31)20(18)7-15-8-24(29-12-15)16-4-5-16;1-15-22(14-29-23-3-2-8-27-26(15)23)18-6-7-19-12-25(30)21(20(19)11-18)9-16-10-24(28-13-16)17-4-5-17;1-3-19(18-8-10-26-13-18)24-20-11-16(6-7-17(20)12-23(24)29)21-14-28-22-5-4-9-27-25(22)15(21)2;1-13-19(12-26-22-21(13)27-23(29)24(30-22)6-7-24)14-4-5-15-10-20(28)18(17(15)9-14)11-16-3-2-8-25-16;1-14-20(13-26-21-3-2-7-25-23(14)21)16-4-5-17-11-22(27)19(18(17)10-16)9-15-6-8-24-12-15;/h7,9-10,12-13,16,28H,2-6,8,11H2,1H3;6-7,9,11,13-14,17,27H,2-5,8,10,12H2,1H3;6-7,10-11,13-14,27H,3-5,8-9,12H2,1-2H3;2,4-5,8-9,11-12H,3,6-7,10H2,1H3,(H,27,29);4-5,8-10,12-13,25H,2-3,6-7,11H2,1H3;1H4/b20-7-;21-9-;24-19-;18-11-;19-9-;. The average Bonchev–Trinajstić information content (AvgIpc) is 1.58. The van der Waals surface area contributed by atoms with E-state index < -0.39 is 5.60 Å². The maximum Gasteiger partial charge on any atom is 0.268 e. The van der Waals surface area contributed by atoms with E-state index in [0.717, 1.165) is 308 Å². The molecule has 0 saturated heterocycles. The van der Waals surface area contributed by atoms with Crippen LogP contribution in [0.1, 0.15) is 223 Å². The smallest absolute Gasteiger partial charge is 0.268 e. The Bertz CT molecular complexity index is 7990. The zero-order valence-electron chi connectivity index (χ0n) is 83.8. The molecule has 10 aromatic rings. The van der Waals surface area contributed by atoms with Crippen LogP contribution in [-0.4, -0.2) is 121 Å². The van der Waals surface area contributed by atoms with Gasteiger partial charge in [0.05, 0.1) is 45.5 Å². The minimum Gasteiger partial charge on any atom is -0.459 e. The van der Waals surface area contributed by atoms with Gasteiger partial charge in [-0.2, -0.15) is 0 Å². The number of pyridine rings is 5. The molecular formula is C125H118FN15O7. The molecule has 0 unspecified atom stereocenters. The van der Waals surface area contributed by atoms with Gasteiger partial charge in [-0.15, -0.1) is 0 Å². The zero-order chi connectivity index (χ0) is 100. The summed E-state index contributed by atoms with van der Waals surface area (Å²) in [5, 5.41) is 17.0. The molecule has 18 aliphatic rings. The van der Waals surface area contributed by atoms with Crippen molar-refractivity contribution in [2.75, 3.05) is 52.8 Å². The maximum atomic E-state index is 15.1. The first-order valence-electron chi connectivity index (χ1n) is 52.3. The fraction of sp³-hybridized carbons (Fsp3) is 0.312. The number of halogens is 1. The lowest BCUT2D eigenvalue weighted by molar-refractivity contribution is -0.125. The van der Waals surface area contributed by atoms with Crippen LogP contribution >= 0.6 is 0 Å². The largest absolute Gasteiger partial charge is 0.459 e. The highest BCUT2D eigenvalue weighted by Crippen LogP contribution is 2.52. The number of anilines is 5. The van der Waals surface area contributed by atoms with Crippen LogP contribution in [0.15, 0.2) is 230 Å². The molecule has 8 aliphatic carbocycles. The van der Waals surface area contributed by atoms with Crippen molar-refractivity contribution in [3.05, 3.63) is 317 Å². The number of hydrogen-bond acceptors (Lipinski definition) is 21. The molecule has 0 bridgehead atoms. The molecule has 10 aliphatic heterocycles. The Morgan fingerprint density at radius 1 is 0.412 bits per heavy atom. The third-order valence-electron chi connectivity index (χ3n) is 32.0. The molecule has 0 atom stereocenters. The van der Waals surface area contributed by atoms with Crippen LogP contribution in [0.3, 0.4) is 0 Å². The van der Waals surface area contributed by atoms with E-state index >= 15 is 4.39 Å². The van der Waals surface area contributed by atoms with Crippen LogP contribution in [0.4, 0.5) is 32.8 Å². The Labute approximate surface area is 861 Å². The Morgan fingerprint density at radius 2 is 0.818 bits per heavy atom. The second-order valence-electron chi connectivity index (χ2n) is 41.7. The van der Waals surface area contributed by atoms with Gasteiger partial charge in [0, 0.05) is 256 Å². The number of carbonyl (C=O) groups is 6. The number of ether oxygens (including phenoxy) is 1. The number of ketones is 5. The number of carbonyl (C=O) groups excluding carboxylic acids is 6. The summed E-state index contributed by atoms with van der Waals surface area (Å²) in [6, 6.07) is 28.8. The van der Waals surface area contributed by atoms with Gasteiger partial charge in [-0.25, -0.2) is 9.37 Å². The number of amides is 1. The van der Waals surface area contributed by atoms with Crippen LogP contribution in [-0.2, 0) is 86.6 Å². The van der Waals surface area contributed by atoms with Crippen molar-refractivity contribution in [1.82, 2.24) is 24.9 Å². The maximum absolute atomic E-state index is 15.1. The first kappa shape index (κ1) is 95.8. The quantitative estimate of drug-likeness (QED) is 0.0670. The third kappa shape index (κ3) is 18.4. The number of benzene rings is 5. The number of allylic oxidation sites excluding steroid dienone is 15. The van der Waals surface area contributed by atoms with Gasteiger partial charge in [-0.05, 0) is 324 Å². The SMILES string of the molecule is C.CC/C(C1=CN=CC1)=C1/C(=O)Cc2ccc(-c3cnc4c(c3C)NCCC4)cc21.Cc1c(-c2cc(F)c3c(c2)/C(=C/C2=CN=C(C4CC4)C2)C(=O)C3)cnc2c1NCCC2.Cc1c(-c2ccc3c(c2)/C(=C/C2=CN=C(C4CC4)C2)C(=O)C3)cnc2c1NCCC2.Cc1c(-c2ccc3c(c2)/C(=C/C2=CN=CC2)C(=O)C3)cnc2c1NCCC2.Cc1c(-c2ccc3c(c2)/C(=C/C2=NC=CC2)C(=O)C3)cnc2c1NC(=O)C1(CC1)O2. The van der Waals surface area contributed by atoms with Crippen LogP contribution in [0.2, 0.25) is 0 Å². The van der Waals surface area contributed by atoms with Gasteiger partial charge in [0.25, 0.3) is 5.91 Å². The summed E-state index contributed by atoms with van der Waals surface area (Å²) in [6.45, 7) is 16.6. The van der Waals surface area contributed by atoms with Crippen LogP contribution < -0.4 is 31.3 Å². The van der Waals surface area contributed by atoms with Gasteiger partial charge in [-0.1, -0.05) is 69.0 Å². The molecule has 3 saturated carbocycles. The highest BCUT2D eigenvalue weighted by molar-refractivity contribution is 6.31. The van der Waals surface area contributed by atoms with E-state index in [1.165, 1.54) is 82.1 Å². The topological polar surface area (TPSA) is 298 Å². The van der Waals surface area contributed by atoms with E-state index in [1.807, 2.05) is 118 Å².